The number of carbonyl (C=O) groups is 1. The highest BCUT2D eigenvalue weighted by molar-refractivity contribution is 6.56. The predicted molar refractivity (Wildman–Crippen MR) is 38.4 cm³/mol. The van der Waals surface area contributed by atoms with E-state index in [1.807, 2.05) is 4.90 Å². The molecule has 0 spiro atoms. The van der Waals surface area contributed by atoms with Crippen LogP contribution in [0.5, 0.6) is 0 Å². The zero-order chi connectivity index (χ0) is 6.69. The molecule has 1 saturated heterocycles. The van der Waals surface area contributed by atoms with Crippen molar-refractivity contribution in [2.24, 2.45) is 0 Å². The van der Waals surface area contributed by atoms with Crippen molar-refractivity contribution in [2.45, 2.75) is 0 Å². The van der Waals surface area contributed by atoms with Gasteiger partial charge in [0.15, 0.2) is 5.81 Å². The normalized spacial score (nSPS) is 19.8. The lowest BCUT2D eigenvalue weighted by Crippen LogP contribution is -2.45. The zero-order valence-electron chi connectivity index (χ0n) is 5.68. The lowest BCUT2D eigenvalue weighted by molar-refractivity contribution is 0.213. The molecule has 0 aromatic heterocycles. The van der Waals surface area contributed by atoms with Crippen molar-refractivity contribution in [1.82, 2.24) is 10.2 Å². The molecule has 9 heavy (non-hydrogen) atoms. The Balaban J connectivity index is 2.31. The molecule has 1 amide bonds. The van der Waals surface area contributed by atoms with Crippen molar-refractivity contribution < 1.29 is 4.79 Å². The van der Waals surface area contributed by atoms with Crippen LogP contribution < -0.4 is 5.32 Å². The first-order chi connectivity index (χ1) is 4.30. The Labute approximate surface area is 55.8 Å². The van der Waals surface area contributed by atoms with Crippen LogP contribution in [0.15, 0.2) is 0 Å². The lowest BCUT2D eigenvalue weighted by atomic mass is 10.1. The largest absolute Gasteiger partial charge is 0.349 e. The molecule has 0 saturated carbocycles. The molecule has 0 aromatic rings. The standard InChI is InChI=1S/C5H11BN2O/c6-5(9)8-3-1-7-2-4-8/h7H,1-4,6H2. The van der Waals surface area contributed by atoms with Crippen LogP contribution in [0.4, 0.5) is 4.79 Å². The quantitative estimate of drug-likeness (QED) is 0.407. The number of nitrogens with zero attached hydrogens (tertiary/aromatic N) is 1. The third-order valence-electron chi connectivity index (χ3n) is 1.56. The first kappa shape index (κ1) is 6.61. The van der Waals surface area contributed by atoms with Crippen molar-refractivity contribution in [2.75, 3.05) is 26.2 Å². The van der Waals surface area contributed by atoms with Crippen molar-refractivity contribution in [3.05, 3.63) is 0 Å². The first-order valence-corrected chi connectivity index (χ1v) is 3.27. The molecule has 1 aliphatic heterocycles. The molecular weight excluding hydrogens is 115 g/mol. The minimum atomic E-state index is 0.191. The summed E-state index contributed by atoms with van der Waals surface area (Å²) in [4.78, 5) is 12.6. The second-order valence-corrected chi connectivity index (χ2v) is 2.26. The molecule has 0 radical (unpaired) electrons. The van der Waals surface area contributed by atoms with E-state index in [1.165, 1.54) is 0 Å². The van der Waals surface area contributed by atoms with Crippen molar-refractivity contribution in [1.29, 1.82) is 0 Å². The van der Waals surface area contributed by atoms with Crippen LogP contribution in [-0.4, -0.2) is 44.7 Å². The summed E-state index contributed by atoms with van der Waals surface area (Å²) < 4.78 is 0. The maximum Gasteiger partial charge on any atom is 0.215 e. The fourth-order valence-corrected chi connectivity index (χ4v) is 0.980. The fraction of sp³-hybridized carbons (Fsp3) is 0.800. The Morgan fingerprint density at radius 2 is 2.00 bits per heavy atom. The smallest absolute Gasteiger partial charge is 0.215 e. The van der Waals surface area contributed by atoms with Crippen LogP contribution in [0.2, 0.25) is 0 Å². The predicted octanol–water partition coefficient (Wildman–Crippen LogP) is -1.36. The number of carbonyl (C=O) groups excluding carboxylic acids is 1. The summed E-state index contributed by atoms with van der Waals surface area (Å²) in [5.41, 5.74) is 0. The van der Waals surface area contributed by atoms with E-state index in [9.17, 15) is 4.79 Å². The number of nitrogens with one attached hydrogen (secondary N) is 1. The van der Waals surface area contributed by atoms with E-state index in [4.69, 9.17) is 0 Å². The molecule has 0 aliphatic carbocycles. The van der Waals surface area contributed by atoms with Gasteiger partial charge in [-0.1, -0.05) is 0 Å². The number of hydrogen-bond acceptors (Lipinski definition) is 2. The molecule has 0 bridgehead atoms. The summed E-state index contributed by atoms with van der Waals surface area (Å²) in [6.45, 7) is 3.63. The Hall–Kier alpha value is -0.505. The van der Waals surface area contributed by atoms with Crippen LogP contribution >= 0.6 is 0 Å². The average Bonchev–Trinajstić information content (AvgIpc) is 1.90. The summed E-state index contributed by atoms with van der Waals surface area (Å²) in [6, 6.07) is 0. The van der Waals surface area contributed by atoms with Gasteiger partial charge in [-0.05, 0) is 0 Å². The third kappa shape index (κ3) is 1.71. The highest BCUT2D eigenvalue weighted by atomic mass is 16.1. The summed E-state index contributed by atoms with van der Waals surface area (Å²) in [5, 5.41) is 3.18. The summed E-state index contributed by atoms with van der Waals surface area (Å²) in [5.74, 6) is 0.191. The van der Waals surface area contributed by atoms with Gasteiger partial charge in [0.1, 0.15) is 0 Å². The third-order valence-corrected chi connectivity index (χ3v) is 1.56. The Kier molecular flexibility index (Phi) is 2.11. The summed E-state index contributed by atoms with van der Waals surface area (Å²) in [7, 11) is 1.62. The Morgan fingerprint density at radius 3 is 2.33 bits per heavy atom. The van der Waals surface area contributed by atoms with Crippen molar-refractivity contribution >= 4 is 13.7 Å². The van der Waals surface area contributed by atoms with Crippen LogP contribution in [0, 0.1) is 0 Å². The van der Waals surface area contributed by atoms with Gasteiger partial charge < -0.3 is 10.2 Å². The van der Waals surface area contributed by atoms with Gasteiger partial charge in [-0.15, -0.1) is 0 Å². The minimum absolute atomic E-state index is 0.191. The summed E-state index contributed by atoms with van der Waals surface area (Å²) >= 11 is 0. The van der Waals surface area contributed by atoms with E-state index in [1.54, 1.807) is 7.85 Å². The number of amides is 1. The Bertz CT molecular complexity index is 112. The molecule has 0 atom stereocenters. The van der Waals surface area contributed by atoms with Crippen LogP contribution in [-0.2, 0) is 0 Å². The van der Waals surface area contributed by atoms with Gasteiger partial charge in [0.25, 0.3) is 0 Å². The molecule has 4 heteroatoms. The van der Waals surface area contributed by atoms with Crippen LogP contribution in [0.25, 0.3) is 0 Å². The number of rotatable bonds is 0. The van der Waals surface area contributed by atoms with Gasteiger partial charge in [-0.3, -0.25) is 4.79 Å². The van der Waals surface area contributed by atoms with Gasteiger partial charge >= 0.3 is 0 Å². The molecule has 3 nitrogen and oxygen atoms in total. The molecule has 0 aromatic carbocycles. The second-order valence-electron chi connectivity index (χ2n) is 2.26. The highest BCUT2D eigenvalue weighted by Gasteiger charge is 2.10. The Morgan fingerprint density at radius 1 is 1.44 bits per heavy atom. The fourth-order valence-electron chi connectivity index (χ4n) is 0.980. The van der Waals surface area contributed by atoms with E-state index in [0.29, 0.717) is 0 Å². The molecule has 1 rings (SSSR count). The highest BCUT2D eigenvalue weighted by Crippen LogP contribution is 1.90. The molecule has 0 unspecified atom stereocenters. The number of hydrogen-bond donors (Lipinski definition) is 1. The maximum atomic E-state index is 10.7. The minimum Gasteiger partial charge on any atom is -0.349 e. The molecule has 1 aliphatic rings. The maximum absolute atomic E-state index is 10.7. The van der Waals surface area contributed by atoms with Gasteiger partial charge in [-0.25, -0.2) is 0 Å². The topological polar surface area (TPSA) is 32.3 Å². The van der Waals surface area contributed by atoms with Gasteiger partial charge in [0.2, 0.25) is 7.85 Å². The lowest BCUT2D eigenvalue weighted by Gasteiger charge is -2.26. The van der Waals surface area contributed by atoms with Crippen LogP contribution in [0.3, 0.4) is 0 Å². The summed E-state index contributed by atoms with van der Waals surface area (Å²) in [6.07, 6.45) is 0. The van der Waals surface area contributed by atoms with Gasteiger partial charge in [0.05, 0.1) is 0 Å². The first-order valence-electron chi connectivity index (χ1n) is 3.27. The van der Waals surface area contributed by atoms with Crippen molar-refractivity contribution in [3.8, 4) is 0 Å². The molecule has 1 heterocycles. The average molecular weight is 126 g/mol. The van der Waals surface area contributed by atoms with E-state index in [0.717, 1.165) is 26.2 Å². The van der Waals surface area contributed by atoms with Gasteiger partial charge in [-0.2, -0.15) is 0 Å². The SMILES string of the molecule is BC(=O)N1CCNCC1. The molecule has 1 N–H and O–H groups in total. The van der Waals surface area contributed by atoms with E-state index in [2.05, 4.69) is 5.32 Å². The zero-order valence-corrected chi connectivity index (χ0v) is 5.68. The second kappa shape index (κ2) is 2.87. The number of piperazine rings is 1. The van der Waals surface area contributed by atoms with Crippen molar-refractivity contribution in [3.63, 3.8) is 0 Å². The van der Waals surface area contributed by atoms with Gasteiger partial charge in [0, 0.05) is 26.2 Å². The van der Waals surface area contributed by atoms with E-state index >= 15 is 0 Å². The van der Waals surface area contributed by atoms with Crippen LogP contribution in [0.1, 0.15) is 0 Å². The monoisotopic (exact) mass is 126 g/mol. The molecule has 50 valence electrons. The van der Waals surface area contributed by atoms with E-state index < -0.39 is 0 Å². The molecular formula is C5H11BN2O. The molecule has 1 fully saturated rings. The van der Waals surface area contributed by atoms with E-state index in [-0.39, 0.29) is 5.81 Å².